The van der Waals surface area contributed by atoms with Crippen molar-refractivity contribution in [2.45, 2.75) is 20.3 Å². The third-order valence-corrected chi connectivity index (χ3v) is 2.85. The van der Waals surface area contributed by atoms with Gasteiger partial charge in [-0.3, -0.25) is 9.59 Å². The lowest BCUT2D eigenvalue weighted by Gasteiger charge is -2.14. The molecule has 1 aliphatic heterocycles. The highest BCUT2D eigenvalue weighted by Crippen LogP contribution is 2.14. The SMILES string of the molecule is CCOC(=O)CC(=O)NC[C@@H]1CNC[C@H]1C. The van der Waals surface area contributed by atoms with E-state index in [0.717, 1.165) is 13.1 Å². The molecule has 92 valence electrons. The van der Waals surface area contributed by atoms with Crippen LogP contribution in [0.1, 0.15) is 20.3 Å². The van der Waals surface area contributed by atoms with Crippen LogP contribution in [0.4, 0.5) is 0 Å². The maximum absolute atomic E-state index is 11.4. The number of rotatable bonds is 5. The van der Waals surface area contributed by atoms with Crippen molar-refractivity contribution >= 4 is 11.9 Å². The topological polar surface area (TPSA) is 67.4 Å². The fraction of sp³-hybridized carbons (Fsp3) is 0.818. The number of nitrogens with one attached hydrogen (secondary N) is 2. The van der Waals surface area contributed by atoms with Crippen molar-refractivity contribution in [2.24, 2.45) is 11.8 Å². The molecule has 16 heavy (non-hydrogen) atoms. The Balaban J connectivity index is 2.17. The fourth-order valence-corrected chi connectivity index (χ4v) is 1.79. The molecule has 0 bridgehead atoms. The first-order valence-electron chi connectivity index (χ1n) is 5.76. The Hall–Kier alpha value is -1.10. The summed E-state index contributed by atoms with van der Waals surface area (Å²) in [6.45, 7) is 6.76. The van der Waals surface area contributed by atoms with Gasteiger partial charge in [-0.25, -0.2) is 0 Å². The van der Waals surface area contributed by atoms with E-state index in [1.165, 1.54) is 0 Å². The van der Waals surface area contributed by atoms with Gasteiger partial charge in [0.15, 0.2) is 0 Å². The third kappa shape index (κ3) is 4.18. The Morgan fingerprint density at radius 1 is 1.44 bits per heavy atom. The number of esters is 1. The summed E-state index contributed by atoms with van der Waals surface area (Å²) in [6.07, 6.45) is -0.178. The summed E-state index contributed by atoms with van der Waals surface area (Å²) in [7, 11) is 0. The monoisotopic (exact) mass is 228 g/mol. The summed E-state index contributed by atoms with van der Waals surface area (Å²) < 4.78 is 4.69. The van der Waals surface area contributed by atoms with E-state index in [1.54, 1.807) is 6.92 Å². The molecule has 0 radical (unpaired) electrons. The molecule has 1 rings (SSSR count). The maximum atomic E-state index is 11.4. The van der Waals surface area contributed by atoms with Crippen LogP contribution in [-0.4, -0.2) is 38.1 Å². The van der Waals surface area contributed by atoms with Gasteiger partial charge in [0.1, 0.15) is 6.42 Å². The Labute approximate surface area is 95.9 Å². The number of carbonyl (C=O) groups is 2. The predicted octanol–water partition coefficient (Wildman–Crippen LogP) is -0.0887. The van der Waals surface area contributed by atoms with Crippen molar-refractivity contribution in [2.75, 3.05) is 26.2 Å². The summed E-state index contributed by atoms with van der Waals surface area (Å²) in [5, 5.41) is 6.03. The molecule has 1 fully saturated rings. The number of carbonyl (C=O) groups excluding carboxylic acids is 2. The standard InChI is InChI=1S/C11H20N2O3/c1-3-16-11(15)4-10(14)13-7-9-6-12-5-8(9)2/h8-9,12H,3-7H2,1-2H3,(H,13,14)/t8-,9+/m1/s1. The highest BCUT2D eigenvalue weighted by atomic mass is 16.5. The van der Waals surface area contributed by atoms with Crippen LogP contribution >= 0.6 is 0 Å². The Morgan fingerprint density at radius 2 is 2.19 bits per heavy atom. The molecule has 0 aromatic heterocycles. The first-order valence-corrected chi connectivity index (χ1v) is 5.76. The third-order valence-electron chi connectivity index (χ3n) is 2.85. The lowest BCUT2D eigenvalue weighted by molar-refractivity contribution is -0.146. The van der Waals surface area contributed by atoms with Crippen LogP contribution in [0, 0.1) is 11.8 Å². The first kappa shape index (κ1) is 13.0. The predicted molar refractivity (Wildman–Crippen MR) is 59.8 cm³/mol. The molecule has 5 heteroatoms. The van der Waals surface area contributed by atoms with Gasteiger partial charge in [-0.2, -0.15) is 0 Å². The Bertz CT molecular complexity index is 256. The molecule has 0 aliphatic carbocycles. The van der Waals surface area contributed by atoms with Gasteiger partial charge < -0.3 is 15.4 Å². The maximum Gasteiger partial charge on any atom is 0.315 e. The van der Waals surface area contributed by atoms with Crippen molar-refractivity contribution < 1.29 is 14.3 Å². The van der Waals surface area contributed by atoms with E-state index in [0.29, 0.717) is 25.0 Å². The highest BCUT2D eigenvalue weighted by Gasteiger charge is 2.23. The van der Waals surface area contributed by atoms with Gasteiger partial charge in [0.2, 0.25) is 5.91 Å². The second kappa shape index (κ2) is 6.48. The van der Waals surface area contributed by atoms with E-state index >= 15 is 0 Å². The minimum Gasteiger partial charge on any atom is -0.466 e. The molecule has 2 N–H and O–H groups in total. The molecular formula is C11H20N2O3. The van der Waals surface area contributed by atoms with Crippen molar-refractivity contribution in [1.82, 2.24) is 10.6 Å². The highest BCUT2D eigenvalue weighted by molar-refractivity contribution is 5.94. The molecule has 0 spiro atoms. The molecule has 0 aromatic carbocycles. The summed E-state index contributed by atoms with van der Waals surface area (Å²) in [5.74, 6) is 0.323. The molecule has 0 unspecified atom stereocenters. The molecule has 2 atom stereocenters. The molecule has 0 saturated carbocycles. The molecule has 0 aromatic rings. The van der Waals surface area contributed by atoms with E-state index < -0.39 is 5.97 Å². The Kier molecular flexibility index (Phi) is 5.25. The lowest BCUT2D eigenvalue weighted by Crippen LogP contribution is -2.33. The van der Waals surface area contributed by atoms with Gasteiger partial charge in [-0.1, -0.05) is 6.92 Å². The van der Waals surface area contributed by atoms with Crippen LogP contribution in [0.3, 0.4) is 0 Å². The zero-order chi connectivity index (χ0) is 12.0. The van der Waals surface area contributed by atoms with Gasteiger partial charge in [-0.05, 0) is 31.8 Å². The van der Waals surface area contributed by atoms with Crippen LogP contribution in [-0.2, 0) is 14.3 Å². The lowest BCUT2D eigenvalue weighted by atomic mass is 9.98. The number of ether oxygens (including phenoxy) is 1. The van der Waals surface area contributed by atoms with Crippen LogP contribution in [0.15, 0.2) is 0 Å². The number of hydrogen-bond acceptors (Lipinski definition) is 4. The van der Waals surface area contributed by atoms with E-state index in [1.807, 2.05) is 0 Å². The van der Waals surface area contributed by atoms with Crippen molar-refractivity contribution in [3.05, 3.63) is 0 Å². The zero-order valence-corrected chi connectivity index (χ0v) is 9.91. The van der Waals surface area contributed by atoms with Gasteiger partial charge in [0, 0.05) is 6.54 Å². The fourth-order valence-electron chi connectivity index (χ4n) is 1.79. The molecule has 1 amide bonds. The van der Waals surface area contributed by atoms with Crippen LogP contribution in [0.2, 0.25) is 0 Å². The average molecular weight is 228 g/mol. The normalized spacial score (nSPS) is 24.1. The van der Waals surface area contributed by atoms with E-state index in [2.05, 4.69) is 17.6 Å². The molecule has 5 nitrogen and oxygen atoms in total. The summed E-state index contributed by atoms with van der Waals surface area (Å²) in [4.78, 5) is 22.4. The van der Waals surface area contributed by atoms with Crippen LogP contribution in [0.25, 0.3) is 0 Å². The summed E-state index contributed by atoms with van der Waals surface area (Å²) in [6, 6.07) is 0. The molecular weight excluding hydrogens is 208 g/mol. The zero-order valence-electron chi connectivity index (χ0n) is 9.91. The molecule has 1 heterocycles. The van der Waals surface area contributed by atoms with E-state index in [9.17, 15) is 9.59 Å². The van der Waals surface area contributed by atoms with Gasteiger partial charge in [0.05, 0.1) is 6.61 Å². The van der Waals surface area contributed by atoms with Crippen molar-refractivity contribution in [3.8, 4) is 0 Å². The first-order chi connectivity index (χ1) is 7.63. The second-order valence-electron chi connectivity index (χ2n) is 4.18. The Morgan fingerprint density at radius 3 is 2.75 bits per heavy atom. The van der Waals surface area contributed by atoms with Gasteiger partial charge in [0.25, 0.3) is 0 Å². The van der Waals surface area contributed by atoms with E-state index in [4.69, 9.17) is 4.74 Å². The summed E-state index contributed by atoms with van der Waals surface area (Å²) in [5.41, 5.74) is 0. The number of hydrogen-bond donors (Lipinski definition) is 2. The van der Waals surface area contributed by atoms with Gasteiger partial charge >= 0.3 is 5.97 Å². The molecule has 1 aliphatic rings. The number of amides is 1. The molecule has 1 saturated heterocycles. The van der Waals surface area contributed by atoms with Crippen LogP contribution < -0.4 is 10.6 Å². The second-order valence-corrected chi connectivity index (χ2v) is 4.18. The quantitative estimate of drug-likeness (QED) is 0.510. The average Bonchev–Trinajstić information content (AvgIpc) is 2.61. The van der Waals surface area contributed by atoms with Gasteiger partial charge in [-0.15, -0.1) is 0 Å². The summed E-state index contributed by atoms with van der Waals surface area (Å²) >= 11 is 0. The minimum atomic E-state index is -0.461. The largest absolute Gasteiger partial charge is 0.466 e. The van der Waals surface area contributed by atoms with E-state index in [-0.39, 0.29) is 12.3 Å². The smallest absolute Gasteiger partial charge is 0.315 e. The van der Waals surface area contributed by atoms with Crippen molar-refractivity contribution in [1.29, 1.82) is 0 Å². The minimum absolute atomic E-state index is 0.178. The van der Waals surface area contributed by atoms with Crippen LogP contribution in [0.5, 0.6) is 0 Å². The van der Waals surface area contributed by atoms with Crippen molar-refractivity contribution in [3.63, 3.8) is 0 Å².